The first-order chi connectivity index (χ1) is 12.8. The number of carbonyl (C=O) groups is 3. The zero-order chi connectivity index (χ0) is 20.4. The minimum absolute atomic E-state index is 0.101. The Bertz CT molecular complexity index is 632. The van der Waals surface area contributed by atoms with Crippen LogP contribution in [0.2, 0.25) is 0 Å². The molecule has 1 rings (SSSR count). The number of nitrogens with one attached hydrogen (secondary N) is 3. The van der Waals surface area contributed by atoms with Crippen molar-refractivity contribution in [1.82, 2.24) is 16.0 Å². The molecule has 2 atom stereocenters. The topological polar surface area (TPSA) is 126 Å². The zero-order valence-electron chi connectivity index (χ0n) is 15.9. The van der Waals surface area contributed by atoms with E-state index in [0.29, 0.717) is 0 Å². The first-order valence-corrected chi connectivity index (χ1v) is 8.62. The van der Waals surface area contributed by atoms with Crippen LogP contribution in [0.4, 0.5) is 9.59 Å². The maximum Gasteiger partial charge on any atom is 0.408 e. The van der Waals surface area contributed by atoms with Gasteiger partial charge in [-0.1, -0.05) is 26.0 Å². The van der Waals surface area contributed by atoms with Crippen LogP contribution in [0.5, 0.6) is 5.75 Å². The van der Waals surface area contributed by atoms with E-state index in [2.05, 4.69) is 16.0 Å². The summed E-state index contributed by atoms with van der Waals surface area (Å²) in [5.74, 6) is -0.629. The summed E-state index contributed by atoms with van der Waals surface area (Å²) >= 11 is 0. The zero-order valence-corrected chi connectivity index (χ0v) is 15.9. The van der Waals surface area contributed by atoms with Gasteiger partial charge in [-0.2, -0.15) is 0 Å². The number of rotatable bonds is 8. The lowest BCUT2D eigenvalue weighted by Crippen LogP contribution is -2.56. The van der Waals surface area contributed by atoms with Crippen molar-refractivity contribution in [1.29, 1.82) is 0 Å². The van der Waals surface area contributed by atoms with Gasteiger partial charge < -0.3 is 30.5 Å². The van der Waals surface area contributed by atoms with Gasteiger partial charge in [0.15, 0.2) is 0 Å². The summed E-state index contributed by atoms with van der Waals surface area (Å²) in [5.41, 5.74) is 0.730. The number of benzene rings is 1. The standard InChI is InChI=1S/C18H27N3O6/c1-5-27-18(25)21-15(11(2)3)20-17(24)19-14(16(23)26-4)10-12-6-8-13(22)9-7-12/h6-9,11,14-15,22H,5,10H2,1-4H3,(H,21,25)(H2,19,20,24)/t14-,15-/m0/s1. The van der Waals surface area contributed by atoms with E-state index in [9.17, 15) is 19.5 Å². The highest BCUT2D eigenvalue weighted by molar-refractivity contribution is 5.84. The molecule has 3 amide bonds. The van der Waals surface area contributed by atoms with Crippen LogP contribution < -0.4 is 16.0 Å². The Kier molecular flexibility index (Phi) is 8.91. The predicted molar refractivity (Wildman–Crippen MR) is 98.1 cm³/mol. The van der Waals surface area contributed by atoms with Crippen LogP contribution in [0.3, 0.4) is 0 Å². The average Bonchev–Trinajstić information content (AvgIpc) is 2.61. The summed E-state index contributed by atoms with van der Waals surface area (Å²) in [7, 11) is 1.23. The minimum Gasteiger partial charge on any atom is -0.508 e. The number of amides is 3. The van der Waals surface area contributed by atoms with Gasteiger partial charge in [0.1, 0.15) is 18.0 Å². The molecule has 0 bridgehead atoms. The fourth-order valence-corrected chi connectivity index (χ4v) is 2.21. The molecule has 0 saturated carbocycles. The Morgan fingerprint density at radius 3 is 2.22 bits per heavy atom. The molecule has 0 saturated heterocycles. The van der Waals surface area contributed by atoms with Crippen molar-refractivity contribution in [3.05, 3.63) is 29.8 Å². The minimum atomic E-state index is -0.935. The maximum absolute atomic E-state index is 12.3. The number of urea groups is 1. The molecule has 0 aliphatic rings. The number of methoxy groups -OCH3 is 1. The largest absolute Gasteiger partial charge is 0.508 e. The van der Waals surface area contributed by atoms with Gasteiger partial charge in [-0.05, 0) is 30.5 Å². The van der Waals surface area contributed by atoms with Gasteiger partial charge in [-0.25, -0.2) is 14.4 Å². The monoisotopic (exact) mass is 381 g/mol. The van der Waals surface area contributed by atoms with Crippen LogP contribution in [0.15, 0.2) is 24.3 Å². The van der Waals surface area contributed by atoms with Gasteiger partial charge in [-0.15, -0.1) is 0 Å². The van der Waals surface area contributed by atoms with Gasteiger partial charge in [0.05, 0.1) is 13.7 Å². The van der Waals surface area contributed by atoms with Crippen LogP contribution in [-0.4, -0.2) is 49.1 Å². The van der Waals surface area contributed by atoms with Crippen molar-refractivity contribution in [3.63, 3.8) is 0 Å². The van der Waals surface area contributed by atoms with Crippen LogP contribution in [0, 0.1) is 5.92 Å². The van der Waals surface area contributed by atoms with Crippen LogP contribution in [0.1, 0.15) is 26.3 Å². The van der Waals surface area contributed by atoms with Gasteiger partial charge in [0, 0.05) is 6.42 Å². The van der Waals surface area contributed by atoms with E-state index in [-0.39, 0.29) is 24.7 Å². The first kappa shape index (κ1) is 22.1. The number of ether oxygens (including phenoxy) is 2. The summed E-state index contributed by atoms with van der Waals surface area (Å²) in [6, 6.07) is 4.69. The number of phenolic OH excluding ortho intramolecular Hbond substituents is 1. The predicted octanol–water partition coefficient (Wildman–Crippen LogP) is 1.50. The van der Waals surface area contributed by atoms with Crippen molar-refractivity contribution in [2.75, 3.05) is 13.7 Å². The highest BCUT2D eigenvalue weighted by atomic mass is 16.5. The highest BCUT2D eigenvalue weighted by Gasteiger charge is 2.25. The molecular weight excluding hydrogens is 354 g/mol. The third kappa shape index (κ3) is 7.85. The van der Waals surface area contributed by atoms with Crippen molar-refractivity contribution < 1.29 is 29.0 Å². The fourth-order valence-electron chi connectivity index (χ4n) is 2.21. The van der Waals surface area contributed by atoms with E-state index >= 15 is 0 Å². The average molecular weight is 381 g/mol. The SMILES string of the molecule is CCOC(=O)N[C@H](NC(=O)N[C@@H](Cc1ccc(O)cc1)C(=O)OC)C(C)C. The lowest BCUT2D eigenvalue weighted by atomic mass is 10.1. The van der Waals surface area contributed by atoms with Crippen molar-refractivity contribution >= 4 is 18.1 Å². The Morgan fingerprint density at radius 1 is 1.07 bits per heavy atom. The van der Waals surface area contributed by atoms with E-state index < -0.39 is 30.3 Å². The molecule has 4 N–H and O–H groups in total. The second-order valence-corrected chi connectivity index (χ2v) is 6.15. The molecule has 1 aromatic rings. The number of carbonyl (C=O) groups excluding carboxylic acids is 3. The number of esters is 1. The molecule has 0 aliphatic heterocycles. The number of aromatic hydroxyl groups is 1. The third-order valence-corrected chi connectivity index (χ3v) is 3.67. The van der Waals surface area contributed by atoms with Gasteiger partial charge in [-0.3, -0.25) is 0 Å². The number of hydrogen-bond acceptors (Lipinski definition) is 6. The number of hydrogen-bond donors (Lipinski definition) is 4. The van der Waals surface area contributed by atoms with E-state index in [1.165, 1.54) is 19.2 Å². The van der Waals surface area contributed by atoms with Crippen LogP contribution >= 0.6 is 0 Å². The first-order valence-electron chi connectivity index (χ1n) is 8.62. The molecule has 1 aromatic carbocycles. The Morgan fingerprint density at radius 2 is 1.70 bits per heavy atom. The normalized spacial score (nSPS) is 12.6. The highest BCUT2D eigenvalue weighted by Crippen LogP contribution is 2.12. The molecule has 0 fully saturated rings. The fraction of sp³-hybridized carbons (Fsp3) is 0.500. The summed E-state index contributed by atoms with van der Waals surface area (Å²) in [6.07, 6.45) is -1.15. The number of phenols is 1. The molecule has 0 unspecified atom stereocenters. The van der Waals surface area contributed by atoms with E-state index in [4.69, 9.17) is 9.47 Å². The number of alkyl carbamates (subject to hydrolysis) is 1. The Hall–Kier alpha value is -2.97. The summed E-state index contributed by atoms with van der Waals surface area (Å²) in [4.78, 5) is 35.9. The molecule has 0 spiro atoms. The Labute approximate surface area is 158 Å². The molecule has 0 aromatic heterocycles. The molecule has 150 valence electrons. The van der Waals surface area contributed by atoms with Crippen LogP contribution in [0.25, 0.3) is 0 Å². The lowest BCUT2D eigenvalue weighted by Gasteiger charge is -2.25. The molecule has 9 nitrogen and oxygen atoms in total. The van der Waals surface area contributed by atoms with E-state index in [1.54, 1.807) is 19.1 Å². The van der Waals surface area contributed by atoms with Gasteiger partial charge in [0.2, 0.25) is 0 Å². The van der Waals surface area contributed by atoms with Gasteiger partial charge in [0.25, 0.3) is 0 Å². The van der Waals surface area contributed by atoms with E-state index in [1.807, 2.05) is 13.8 Å². The summed E-state index contributed by atoms with van der Waals surface area (Å²) < 4.78 is 9.55. The lowest BCUT2D eigenvalue weighted by molar-refractivity contribution is -0.142. The van der Waals surface area contributed by atoms with Crippen molar-refractivity contribution in [3.8, 4) is 5.75 Å². The third-order valence-electron chi connectivity index (χ3n) is 3.67. The molecule has 27 heavy (non-hydrogen) atoms. The van der Waals surface area contributed by atoms with E-state index in [0.717, 1.165) is 5.56 Å². The molecule has 9 heteroatoms. The van der Waals surface area contributed by atoms with Crippen LogP contribution in [-0.2, 0) is 20.7 Å². The summed E-state index contributed by atoms with van der Waals surface area (Å²) in [5, 5.41) is 17.0. The second kappa shape index (κ2) is 10.9. The van der Waals surface area contributed by atoms with Gasteiger partial charge >= 0.3 is 18.1 Å². The van der Waals surface area contributed by atoms with Crippen molar-refractivity contribution in [2.45, 2.75) is 39.4 Å². The molecular formula is C18H27N3O6. The molecule has 0 aliphatic carbocycles. The smallest absolute Gasteiger partial charge is 0.408 e. The quantitative estimate of drug-likeness (QED) is 0.399. The second-order valence-electron chi connectivity index (χ2n) is 6.15. The maximum atomic E-state index is 12.3. The molecule has 0 heterocycles. The van der Waals surface area contributed by atoms with Crippen molar-refractivity contribution in [2.24, 2.45) is 5.92 Å². The molecule has 0 radical (unpaired) electrons. The Balaban J connectivity index is 2.75. The summed E-state index contributed by atoms with van der Waals surface area (Å²) in [6.45, 7) is 5.51.